The van der Waals surface area contributed by atoms with Crippen molar-refractivity contribution >= 4 is 33.2 Å². The van der Waals surface area contributed by atoms with E-state index in [1.165, 1.54) is 34.9 Å². The van der Waals surface area contributed by atoms with Gasteiger partial charge in [-0.3, -0.25) is 4.79 Å². The number of anilines is 1. The molecular formula is C18H23ClN4O3S. The maximum atomic E-state index is 12.7. The molecule has 0 unspecified atom stereocenters. The van der Waals surface area contributed by atoms with E-state index in [-0.39, 0.29) is 15.5 Å². The van der Waals surface area contributed by atoms with Crippen LogP contribution in [0.15, 0.2) is 35.5 Å². The van der Waals surface area contributed by atoms with E-state index in [0.717, 1.165) is 12.8 Å². The van der Waals surface area contributed by atoms with Gasteiger partial charge in [-0.1, -0.05) is 32.4 Å². The molecule has 1 aromatic carbocycles. The Morgan fingerprint density at radius 1 is 1.15 bits per heavy atom. The first kappa shape index (κ1) is 21.3. The zero-order valence-electron chi connectivity index (χ0n) is 15.6. The molecule has 9 heteroatoms. The van der Waals surface area contributed by atoms with Gasteiger partial charge in [-0.25, -0.2) is 18.4 Å². The van der Waals surface area contributed by atoms with Gasteiger partial charge in [-0.2, -0.15) is 4.31 Å². The summed E-state index contributed by atoms with van der Waals surface area (Å²) in [7, 11) is -3.78. The number of carbonyl (C=O) groups excluding carboxylic acids is 1. The lowest BCUT2D eigenvalue weighted by molar-refractivity contribution is 0.102. The van der Waals surface area contributed by atoms with Crippen LogP contribution in [0.5, 0.6) is 0 Å². The molecule has 2 rings (SSSR count). The maximum absolute atomic E-state index is 12.7. The molecule has 1 heterocycles. The minimum absolute atomic E-state index is 0.0747. The summed E-state index contributed by atoms with van der Waals surface area (Å²) >= 11 is 6.09. The van der Waals surface area contributed by atoms with Crippen molar-refractivity contribution in [2.75, 3.05) is 18.4 Å². The molecule has 1 aromatic heterocycles. The quantitative estimate of drug-likeness (QED) is 0.720. The van der Waals surface area contributed by atoms with Crippen LogP contribution >= 0.6 is 11.6 Å². The molecule has 7 nitrogen and oxygen atoms in total. The van der Waals surface area contributed by atoms with Gasteiger partial charge in [0, 0.05) is 25.1 Å². The fourth-order valence-electron chi connectivity index (χ4n) is 2.52. The molecule has 0 aliphatic rings. The number of hydrogen-bond acceptors (Lipinski definition) is 5. The average Bonchev–Trinajstić information content (AvgIpc) is 2.64. The third kappa shape index (κ3) is 5.03. The Balaban J connectivity index is 2.27. The summed E-state index contributed by atoms with van der Waals surface area (Å²) in [4.78, 5) is 20.8. The molecule has 0 spiro atoms. The van der Waals surface area contributed by atoms with Crippen molar-refractivity contribution in [2.24, 2.45) is 0 Å². The van der Waals surface area contributed by atoms with Gasteiger partial charge in [0.15, 0.2) is 0 Å². The largest absolute Gasteiger partial charge is 0.319 e. The molecule has 2 aromatic rings. The van der Waals surface area contributed by atoms with Crippen LogP contribution in [0, 0.1) is 0 Å². The number of carbonyl (C=O) groups is 1. The summed E-state index contributed by atoms with van der Waals surface area (Å²) < 4.78 is 26.8. The van der Waals surface area contributed by atoms with E-state index in [1.807, 2.05) is 6.92 Å². The molecule has 0 saturated carbocycles. The zero-order chi connectivity index (χ0) is 20.0. The van der Waals surface area contributed by atoms with Gasteiger partial charge in [0.25, 0.3) is 5.91 Å². The highest BCUT2D eigenvalue weighted by Crippen LogP contribution is 2.26. The highest BCUT2D eigenvalue weighted by Gasteiger charge is 2.25. The zero-order valence-corrected chi connectivity index (χ0v) is 17.1. The molecule has 0 saturated heterocycles. The molecule has 0 bridgehead atoms. The predicted octanol–water partition coefficient (Wildman–Crippen LogP) is 3.37. The summed E-state index contributed by atoms with van der Waals surface area (Å²) in [5.74, 6) is 0.240. The Bertz CT molecular complexity index is 897. The predicted molar refractivity (Wildman–Crippen MR) is 106 cm³/mol. The number of benzene rings is 1. The van der Waals surface area contributed by atoms with E-state index in [2.05, 4.69) is 15.3 Å². The molecule has 1 amide bonds. The Hall–Kier alpha value is -2.03. The molecular weight excluding hydrogens is 388 g/mol. The second-order valence-corrected chi connectivity index (χ2v) is 8.14. The van der Waals surface area contributed by atoms with Gasteiger partial charge in [0.05, 0.1) is 23.1 Å². The third-order valence-corrected chi connectivity index (χ3v) is 6.48. The van der Waals surface area contributed by atoms with Crippen molar-refractivity contribution < 1.29 is 13.2 Å². The number of sulfonamides is 1. The number of rotatable bonds is 8. The van der Waals surface area contributed by atoms with Crippen molar-refractivity contribution in [3.63, 3.8) is 0 Å². The number of aromatic nitrogens is 2. The standard InChI is InChI=1S/C18H23ClN4O3S/c1-4-7-17-20-11-14(12-21-17)22-18(24)13-8-9-15(19)16(10-13)27(25,26)23(5-2)6-3/h8-12H,4-7H2,1-3H3,(H,22,24). The third-order valence-electron chi connectivity index (χ3n) is 3.95. The minimum Gasteiger partial charge on any atom is -0.319 e. The monoisotopic (exact) mass is 410 g/mol. The SMILES string of the molecule is CCCc1ncc(NC(=O)c2ccc(Cl)c(S(=O)(=O)N(CC)CC)c2)cn1. The number of nitrogens with one attached hydrogen (secondary N) is 1. The van der Waals surface area contributed by atoms with Crippen LogP contribution in [0.2, 0.25) is 5.02 Å². The Kier molecular flexibility index (Phi) is 7.29. The van der Waals surface area contributed by atoms with Gasteiger partial charge < -0.3 is 5.32 Å². The second kappa shape index (κ2) is 9.25. The van der Waals surface area contributed by atoms with E-state index in [4.69, 9.17) is 11.6 Å². The first-order valence-electron chi connectivity index (χ1n) is 8.75. The number of aryl methyl sites for hydroxylation is 1. The van der Waals surface area contributed by atoms with E-state index in [1.54, 1.807) is 13.8 Å². The van der Waals surface area contributed by atoms with E-state index >= 15 is 0 Å². The average molecular weight is 411 g/mol. The Morgan fingerprint density at radius 2 is 1.78 bits per heavy atom. The fraction of sp³-hybridized carbons (Fsp3) is 0.389. The smallest absolute Gasteiger partial charge is 0.255 e. The van der Waals surface area contributed by atoms with Crippen molar-refractivity contribution in [2.45, 2.75) is 38.5 Å². The van der Waals surface area contributed by atoms with Crippen LogP contribution in [0.25, 0.3) is 0 Å². The highest BCUT2D eigenvalue weighted by molar-refractivity contribution is 7.89. The van der Waals surface area contributed by atoms with Crippen LogP contribution in [0.4, 0.5) is 5.69 Å². The normalized spacial score (nSPS) is 11.6. The van der Waals surface area contributed by atoms with Gasteiger partial charge in [0.1, 0.15) is 10.7 Å². The summed E-state index contributed by atoms with van der Waals surface area (Å²) in [6, 6.07) is 4.18. The van der Waals surface area contributed by atoms with Crippen LogP contribution in [0.1, 0.15) is 43.4 Å². The first-order valence-corrected chi connectivity index (χ1v) is 10.6. The van der Waals surface area contributed by atoms with E-state index < -0.39 is 15.9 Å². The number of amides is 1. The van der Waals surface area contributed by atoms with Crippen LogP contribution < -0.4 is 5.32 Å². The first-order chi connectivity index (χ1) is 12.8. The number of nitrogens with zero attached hydrogens (tertiary/aromatic N) is 3. The van der Waals surface area contributed by atoms with Gasteiger partial charge in [0.2, 0.25) is 10.0 Å². The summed E-state index contributed by atoms with van der Waals surface area (Å²) in [5.41, 5.74) is 0.616. The van der Waals surface area contributed by atoms with Gasteiger partial charge >= 0.3 is 0 Å². The second-order valence-electron chi connectivity index (χ2n) is 5.83. The van der Waals surface area contributed by atoms with Crippen molar-refractivity contribution in [1.29, 1.82) is 0 Å². The molecule has 0 aliphatic carbocycles. The van der Waals surface area contributed by atoms with E-state index in [9.17, 15) is 13.2 Å². The van der Waals surface area contributed by atoms with Crippen LogP contribution in [0.3, 0.4) is 0 Å². The summed E-state index contributed by atoms with van der Waals surface area (Å²) in [6.45, 7) is 6.14. The molecule has 27 heavy (non-hydrogen) atoms. The van der Waals surface area contributed by atoms with E-state index in [0.29, 0.717) is 24.6 Å². The Labute approximate surface area is 164 Å². The van der Waals surface area contributed by atoms with Gasteiger partial charge in [-0.05, 0) is 24.6 Å². The topological polar surface area (TPSA) is 92.3 Å². The molecule has 0 radical (unpaired) electrons. The Morgan fingerprint density at radius 3 is 2.33 bits per heavy atom. The van der Waals surface area contributed by atoms with Gasteiger partial charge in [-0.15, -0.1) is 0 Å². The molecule has 0 fully saturated rings. The van der Waals surface area contributed by atoms with Crippen molar-refractivity contribution in [1.82, 2.24) is 14.3 Å². The lowest BCUT2D eigenvalue weighted by atomic mass is 10.2. The lowest BCUT2D eigenvalue weighted by Crippen LogP contribution is -2.31. The van der Waals surface area contributed by atoms with Crippen LogP contribution in [-0.2, 0) is 16.4 Å². The molecule has 0 aliphatic heterocycles. The molecule has 1 N–H and O–H groups in total. The van der Waals surface area contributed by atoms with Crippen molar-refractivity contribution in [3.05, 3.63) is 47.0 Å². The molecule has 146 valence electrons. The maximum Gasteiger partial charge on any atom is 0.255 e. The summed E-state index contributed by atoms with van der Waals surface area (Å²) in [6.07, 6.45) is 4.75. The fourth-order valence-corrected chi connectivity index (χ4v) is 4.48. The lowest BCUT2D eigenvalue weighted by Gasteiger charge is -2.19. The minimum atomic E-state index is -3.78. The van der Waals surface area contributed by atoms with Crippen molar-refractivity contribution in [3.8, 4) is 0 Å². The highest BCUT2D eigenvalue weighted by atomic mass is 35.5. The summed E-state index contributed by atoms with van der Waals surface area (Å²) in [5, 5.41) is 2.74. The van der Waals surface area contributed by atoms with Crippen LogP contribution in [-0.4, -0.2) is 41.7 Å². The molecule has 0 atom stereocenters. The number of halogens is 1. The number of hydrogen-bond donors (Lipinski definition) is 1.